The highest BCUT2D eigenvalue weighted by Crippen LogP contribution is 2.19. The third-order valence-electron chi connectivity index (χ3n) is 1.72. The molecule has 0 heterocycles. The van der Waals surface area contributed by atoms with E-state index in [-0.39, 0.29) is 17.0 Å². The summed E-state index contributed by atoms with van der Waals surface area (Å²) in [4.78, 5) is 11.0. The summed E-state index contributed by atoms with van der Waals surface area (Å²) in [5.74, 6) is -2.92. The molecule has 0 bridgehead atoms. The molecular formula is C9H7ClF2O2. The summed E-state index contributed by atoms with van der Waals surface area (Å²) in [6.07, 6.45) is 0. The Hall–Kier alpha value is -1.16. The summed E-state index contributed by atoms with van der Waals surface area (Å²) in [7, 11) is 1.12. The zero-order valence-electron chi connectivity index (χ0n) is 7.31. The van der Waals surface area contributed by atoms with Gasteiger partial charge in [-0.3, -0.25) is 0 Å². The van der Waals surface area contributed by atoms with Crippen LogP contribution in [-0.4, -0.2) is 13.1 Å². The lowest BCUT2D eigenvalue weighted by Gasteiger charge is -2.05. The number of ether oxygens (including phenoxy) is 1. The standard InChI is InChI=1S/C9H7ClF2O2/c1-14-9(13)5-2-3-7(11)6(4-10)8(5)12/h2-3H,4H2,1H3. The molecule has 0 fully saturated rings. The third kappa shape index (κ3) is 1.85. The van der Waals surface area contributed by atoms with E-state index in [4.69, 9.17) is 11.6 Å². The molecule has 0 N–H and O–H groups in total. The fraction of sp³-hybridized carbons (Fsp3) is 0.222. The van der Waals surface area contributed by atoms with Crippen molar-refractivity contribution in [1.82, 2.24) is 0 Å². The lowest BCUT2D eigenvalue weighted by atomic mass is 10.1. The Labute approximate surface area is 84.4 Å². The molecule has 0 amide bonds. The second-order valence-electron chi connectivity index (χ2n) is 2.51. The Morgan fingerprint density at radius 1 is 1.50 bits per heavy atom. The van der Waals surface area contributed by atoms with Crippen LogP contribution in [0.3, 0.4) is 0 Å². The molecule has 1 aromatic carbocycles. The first kappa shape index (κ1) is 10.9. The summed E-state index contributed by atoms with van der Waals surface area (Å²) in [6, 6.07) is 2.00. The highest BCUT2D eigenvalue weighted by molar-refractivity contribution is 6.17. The van der Waals surface area contributed by atoms with Crippen LogP contribution < -0.4 is 0 Å². The van der Waals surface area contributed by atoms with Crippen LogP contribution in [0.1, 0.15) is 15.9 Å². The first-order valence-corrected chi connectivity index (χ1v) is 4.26. The molecule has 14 heavy (non-hydrogen) atoms. The van der Waals surface area contributed by atoms with Gasteiger partial charge in [-0.15, -0.1) is 11.6 Å². The highest BCUT2D eigenvalue weighted by Gasteiger charge is 2.18. The lowest BCUT2D eigenvalue weighted by Crippen LogP contribution is -2.07. The predicted octanol–water partition coefficient (Wildman–Crippen LogP) is 2.49. The summed E-state index contributed by atoms with van der Waals surface area (Å²) in [5.41, 5.74) is -0.640. The average molecular weight is 221 g/mol. The summed E-state index contributed by atoms with van der Waals surface area (Å²) < 4.78 is 30.6. The van der Waals surface area contributed by atoms with Gasteiger partial charge in [0.25, 0.3) is 0 Å². The van der Waals surface area contributed by atoms with Gasteiger partial charge in [0, 0.05) is 5.56 Å². The zero-order valence-corrected chi connectivity index (χ0v) is 8.07. The van der Waals surface area contributed by atoms with Gasteiger partial charge in [-0.1, -0.05) is 0 Å². The summed E-state index contributed by atoms with van der Waals surface area (Å²) in [5, 5.41) is 0. The molecule has 1 rings (SSSR count). The van der Waals surface area contributed by atoms with Gasteiger partial charge < -0.3 is 4.74 Å². The fourth-order valence-electron chi connectivity index (χ4n) is 0.988. The highest BCUT2D eigenvalue weighted by atomic mass is 35.5. The number of carbonyl (C=O) groups is 1. The molecule has 0 radical (unpaired) electrons. The predicted molar refractivity (Wildman–Crippen MR) is 47.3 cm³/mol. The number of methoxy groups -OCH3 is 1. The van der Waals surface area contributed by atoms with Crippen molar-refractivity contribution in [1.29, 1.82) is 0 Å². The van der Waals surface area contributed by atoms with Gasteiger partial charge in [0.1, 0.15) is 11.6 Å². The number of benzene rings is 1. The van der Waals surface area contributed by atoms with Gasteiger partial charge in [-0.05, 0) is 12.1 Å². The third-order valence-corrected chi connectivity index (χ3v) is 1.99. The van der Waals surface area contributed by atoms with Crippen molar-refractivity contribution in [3.05, 3.63) is 34.9 Å². The van der Waals surface area contributed by atoms with E-state index in [9.17, 15) is 13.6 Å². The van der Waals surface area contributed by atoms with Crippen LogP contribution in [0.25, 0.3) is 0 Å². The van der Waals surface area contributed by atoms with Crippen molar-refractivity contribution in [2.75, 3.05) is 7.11 Å². The molecule has 0 atom stereocenters. The Balaban J connectivity index is 3.28. The molecule has 0 aliphatic rings. The van der Waals surface area contributed by atoms with E-state index in [1.807, 2.05) is 0 Å². The molecule has 0 saturated carbocycles. The van der Waals surface area contributed by atoms with Crippen LogP contribution in [0.4, 0.5) is 8.78 Å². The van der Waals surface area contributed by atoms with E-state index in [0.717, 1.165) is 19.2 Å². The largest absolute Gasteiger partial charge is 0.465 e. The topological polar surface area (TPSA) is 26.3 Å². The Morgan fingerprint density at radius 2 is 2.14 bits per heavy atom. The maximum atomic E-state index is 13.3. The molecular weight excluding hydrogens is 214 g/mol. The summed E-state index contributed by atoms with van der Waals surface area (Å²) >= 11 is 5.33. The Bertz CT molecular complexity index is 366. The van der Waals surface area contributed by atoms with Gasteiger partial charge in [0.2, 0.25) is 0 Å². The first-order valence-electron chi connectivity index (χ1n) is 3.73. The molecule has 0 aliphatic heterocycles. The maximum absolute atomic E-state index is 13.3. The molecule has 5 heteroatoms. The van der Waals surface area contributed by atoms with Crippen molar-refractivity contribution in [3.8, 4) is 0 Å². The van der Waals surface area contributed by atoms with Crippen LogP contribution in [0, 0.1) is 11.6 Å². The molecule has 0 aromatic heterocycles. The second-order valence-corrected chi connectivity index (χ2v) is 2.78. The van der Waals surface area contributed by atoms with E-state index in [1.54, 1.807) is 0 Å². The van der Waals surface area contributed by atoms with Crippen LogP contribution >= 0.6 is 11.6 Å². The van der Waals surface area contributed by atoms with Crippen LogP contribution in [0.15, 0.2) is 12.1 Å². The zero-order chi connectivity index (χ0) is 10.7. The Morgan fingerprint density at radius 3 is 2.64 bits per heavy atom. The molecule has 0 spiro atoms. The lowest BCUT2D eigenvalue weighted by molar-refractivity contribution is 0.0595. The molecule has 2 nitrogen and oxygen atoms in total. The van der Waals surface area contributed by atoms with Crippen LogP contribution in [0.5, 0.6) is 0 Å². The van der Waals surface area contributed by atoms with Crippen molar-refractivity contribution >= 4 is 17.6 Å². The molecule has 0 unspecified atom stereocenters. The van der Waals surface area contributed by atoms with Gasteiger partial charge in [0.05, 0.1) is 18.6 Å². The summed E-state index contributed by atoms with van der Waals surface area (Å²) in [6.45, 7) is 0. The van der Waals surface area contributed by atoms with E-state index < -0.39 is 17.6 Å². The number of halogens is 3. The quantitative estimate of drug-likeness (QED) is 0.565. The van der Waals surface area contributed by atoms with E-state index in [2.05, 4.69) is 4.74 Å². The van der Waals surface area contributed by atoms with Crippen LogP contribution in [0.2, 0.25) is 0 Å². The Kier molecular flexibility index (Phi) is 3.41. The number of carbonyl (C=O) groups excluding carboxylic acids is 1. The van der Waals surface area contributed by atoms with Crippen LogP contribution in [-0.2, 0) is 10.6 Å². The number of alkyl halides is 1. The van der Waals surface area contributed by atoms with Gasteiger partial charge >= 0.3 is 5.97 Å². The van der Waals surface area contributed by atoms with Crippen molar-refractivity contribution in [3.63, 3.8) is 0 Å². The number of esters is 1. The minimum Gasteiger partial charge on any atom is -0.465 e. The molecule has 0 saturated heterocycles. The minimum atomic E-state index is -0.966. The minimum absolute atomic E-state index is 0.315. The van der Waals surface area contributed by atoms with Crippen molar-refractivity contribution < 1.29 is 18.3 Å². The monoisotopic (exact) mass is 220 g/mol. The van der Waals surface area contributed by atoms with Gasteiger partial charge in [-0.2, -0.15) is 0 Å². The average Bonchev–Trinajstić information content (AvgIpc) is 2.18. The van der Waals surface area contributed by atoms with Crippen molar-refractivity contribution in [2.45, 2.75) is 5.88 Å². The number of rotatable bonds is 2. The molecule has 1 aromatic rings. The number of hydrogen-bond acceptors (Lipinski definition) is 2. The first-order chi connectivity index (χ1) is 6.61. The van der Waals surface area contributed by atoms with Gasteiger partial charge in [0.15, 0.2) is 0 Å². The second kappa shape index (κ2) is 4.37. The van der Waals surface area contributed by atoms with Gasteiger partial charge in [-0.25, -0.2) is 13.6 Å². The van der Waals surface area contributed by atoms with Crippen molar-refractivity contribution in [2.24, 2.45) is 0 Å². The SMILES string of the molecule is COC(=O)c1ccc(F)c(CCl)c1F. The fourth-order valence-corrected chi connectivity index (χ4v) is 1.23. The normalized spacial score (nSPS) is 10.0. The smallest absolute Gasteiger partial charge is 0.340 e. The maximum Gasteiger partial charge on any atom is 0.340 e. The van der Waals surface area contributed by atoms with E-state index >= 15 is 0 Å². The van der Waals surface area contributed by atoms with E-state index in [1.165, 1.54) is 0 Å². The number of hydrogen-bond donors (Lipinski definition) is 0. The molecule has 0 aliphatic carbocycles. The van der Waals surface area contributed by atoms with E-state index in [0.29, 0.717) is 0 Å². The molecule has 76 valence electrons.